The molecule has 0 saturated carbocycles. The molecule has 0 saturated heterocycles. The van der Waals surface area contributed by atoms with Gasteiger partial charge >= 0.3 is 6.18 Å². The van der Waals surface area contributed by atoms with E-state index in [9.17, 15) is 13.2 Å². The molecule has 0 N–H and O–H groups in total. The minimum absolute atomic E-state index is 0.485. The maximum atomic E-state index is 12.5. The Bertz CT molecular complexity index is 780. The van der Waals surface area contributed by atoms with Gasteiger partial charge in [-0.1, -0.05) is 17.8 Å². The molecule has 0 aliphatic heterocycles. The molecule has 3 rings (SSSR count). The van der Waals surface area contributed by atoms with Gasteiger partial charge in [-0.3, -0.25) is 0 Å². The summed E-state index contributed by atoms with van der Waals surface area (Å²) in [7, 11) is 0. The van der Waals surface area contributed by atoms with Gasteiger partial charge in [0, 0.05) is 11.9 Å². The first kappa shape index (κ1) is 16.1. The van der Waals surface area contributed by atoms with E-state index in [4.69, 9.17) is 4.42 Å². The van der Waals surface area contributed by atoms with Crippen molar-refractivity contribution in [1.82, 2.24) is 9.97 Å². The molecule has 0 amide bonds. The number of hydrogen-bond acceptors (Lipinski definition) is 5. The number of aryl methyl sites for hydroxylation is 1. The summed E-state index contributed by atoms with van der Waals surface area (Å²) in [6.45, 7) is 1.82. The minimum Gasteiger partial charge on any atom is -0.440 e. The van der Waals surface area contributed by atoms with Crippen molar-refractivity contribution in [2.75, 3.05) is 0 Å². The molecule has 0 atom stereocenters. The average molecular weight is 356 g/mol. The van der Waals surface area contributed by atoms with Crippen molar-refractivity contribution in [1.29, 1.82) is 0 Å². The van der Waals surface area contributed by atoms with E-state index in [1.165, 1.54) is 29.2 Å². The summed E-state index contributed by atoms with van der Waals surface area (Å²) >= 11 is 2.85. The molecule has 0 spiro atoms. The molecular weight excluding hydrogens is 345 g/mol. The van der Waals surface area contributed by atoms with E-state index < -0.39 is 11.7 Å². The molecule has 3 aromatic rings. The Labute approximate surface area is 138 Å². The summed E-state index contributed by atoms with van der Waals surface area (Å²) in [6, 6.07) is 6.23. The number of hydrogen-bond donors (Lipinski definition) is 0. The van der Waals surface area contributed by atoms with Gasteiger partial charge in [-0.2, -0.15) is 13.2 Å². The van der Waals surface area contributed by atoms with Crippen LogP contribution in [0.1, 0.15) is 17.0 Å². The average Bonchev–Trinajstić information content (AvgIpc) is 3.14. The van der Waals surface area contributed by atoms with E-state index in [0.717, 1.165) is 22.8 Å². The zero-order valence-corrected chi connectivity index (χ0v) is 13.6. The molecule has 3 heterocycles. The first-order valence-corrected chi connectivity index (χ1v) is 8.46. The van der Waals surface area contributed by atoms with Crippen molar-refractivity contribution in [2.24, 2.45) is 0 Å². The lowest BCUT2D eigenvalue weighted by molar-refractivity contribution is -0.137. The van der Waals surface area contributed by atoms with Gasteiger partial charge in [0.05, 0.1) is 21.2 Å². The van der Waals surface area contributed by atoms with E-state index in [1.54, 1.807) is 0 Å². The van der Waals surface area contributed by atoms with Gasteiger partial charge in [-0.15, -0.1) is 11.3 Å². The third kappa shape index (κ3) is 3.76. The number of halogens is 3. The van der Waals surface area contributed by atoms with Gasteiger partial charge in [-0.05, 0) is 30.5 Å². The summed E-state index contributed by atoms with van der Waals surface area (Å²) in [5, 5.41) is 2.45. The van der Waals surface area contributed by atoms with Crippen LogP contribution in [0.3, 0.4) is 0 Å². The zero-order chi connectivity index (χ0) is 16.4. The van der Waals surface area contributed by atoms with Crippen LogP contribution in [0.2, 0.25) is 0 Å². The number of rotatable bonds is 4. The summed E-state index contributed by atoms with van der Waals surface area (Å²) in [5.41, 5.74) is 0.0135. The molecule has 120 valence electrons. The summed E-state index contributed by atoms with van der Waals surface area (Å²) in [4.78, 5) is 9.21. The SMILES string of the molecule is Cc1oc(-c2cccs2)nc1CSc1ccc(C(F)(F)F)cn1. The highest BCUT2D eigenvalue weighted by molar-refractivity contribution is 7.98. The number of aromatic nitrogens is 2. The highest BCUT2D eigenvalue weighted by Gasteiger charge is 2.30. The molecule has 3 nitrogen and oxygen atoms in total. The van der Waals surface area contributed by atoms with Gasteiger partial charge in [0.1, 0.15) is 5.76 Å². The topological polar surface area (TPSA) is 38.9 Å². The third-order valence-electron chi connectivity index (χ3n) is 3.05. The van der Waals surface area contributed by atoms with E-state index in [0.29, 0.717) is 22.4 Å². The Hall–Kier alpha value is -1.80. The Morgan fingerprint density at radius 3 is 2.70 bits per heavy atom. The molecular formula is C15H11F3N2OS2. The van der Waals surface area contributed by atoms with Crippen LogP contribution in [0, 0.1) is 6.92 Å². The Morgan fingerprint density at radius 1 is 1.26 bits per heavy atom. The van der Waals surface area contributed by atoms with Gasteiger partial charge in [0.25, 0.3) is 0 Å². The third-order valence-corrected chi connectivity index (χ3v) is 4.86. The standard InChI is InChI=1S/C15H11F3N2OS2/c1-9-11(20-14(21-9)12-3-2-6-22-12)8-23-13-5-4-10(7-19-13)15(16,17)18/h2-7H,8H2,1H3. The molecule has 0 bridgehead atoms. The highest BCUT2D eigenvalue weighted by Crippen LogP contribution is 2.31. The van der Waals surface area contributed by atoms with Crippen molar-refractivity contribution in [3.8, 4) is 10.8 Å². The number of pyridine rings is 1. The first-order chi connectivity index (χ1) is 10.9. The van der Waals surface area contributed by atoms with Crippen LogP contribution in [-0.4, -0.2) is 9.97 Å². The minimum atomic E-state index is -4.37. The summed E-state index contributed by atoms with van der Waals surface area (Å²) in [5.74, 6) is 1.75. The Kier molecular flexibility index (Phi) is 4.45. The second kappa shape index (κ2) is 6.37. The van der Waals surface area contributed by atoms with Gasteiger partial charge in [0.15, 0.2) is 0 Å². The molecule has 0 fully saturated rings. The quantitative estimate of drug-likeness (QED) is 0.585. The predicted octanol–water partition coefficient (Wildman–Crippen LogP) is 5.42. The van der Waals surface area contributed by atoms with Crippen LogP contribution in [0.4, 0.5) is 13.2 Å². The molecule has 8 heteroatoms. The van der Waals surface area contributed by atoms with E-state index >= 15 is 0 Å². The Morgan fingerprint density at radius 2 is 2.09 bits per heavy atom. The number of thioether (sulfide) groups is 1. The Balaban J connectivity index is 1.69. The van der Waals surface area contributed by atoms with E-state index in [-0.39, 0.29) is 0 Å². The highest BCUT2D eigenvalue weighted by atomic mass is 32.2. The van der Waals surface area contributed by atoms with Crippen molar-refractivity contribution in [2.45, 2.75) is 23.9 Å². The molecule has 0 unspecified atom stereocenters. The zero-order valence-electron chi connectivity index (χ0n) is 11.9. The predicted molar refractivity (Wildman–Crippen MR) is 83.4 cm³/mol. The van der Waals surface area contributed by atoms with Crippen LogP contribution >= 0.6 is 23.1 Å². The van der Waals surface area contributed by atoms with Crippen LogP contribution < -0.4 is 0 Å². The van der Waals surface area contributed by atoms with Gasteiger partial charge in [0.2, 0.25) is 5.89 Å². The normalized spacial score (nSPS) is 11.8. The second-order valence-corrected chi connectivity index (χ2v) is 6.61. The number of alkyl halides is 3. The van der Waals surface area contributed by atoms with Crippen LogP contribution in [0.5, 0.6) is 0 Å². The molecule has 0 aliphatic carbocycles. The lowest BCUT2D eigenvalue weighted by atomic mass is 10.3. The van der Waals surface area contributed by atoms with Crippen LogP contribution in [0.25, 0.3) is 10.8 Å². The largest absolute Gasteiger partial charge is 0.440 e. The molecule has 0 radical (unpaired) electrons. The monoisotopic (exact) mass is 356 g/mol. The molecule has 0 aromatic carbocycles. The van der Waals surface area contributed by atoms with Crippen molar-refractivity contribution in [3.05, 3.63) is 52.9 Å². The van der Waals surface area contributed by atoms with Gasteiger partial charge < -0.3 is 4.42 Å². The number of thiophene rings is 1. The second-order valence-electron chi connectivity index (χ2n) is 4.67. The fraction of sp³-hybridized carbons (Fsp3) is 0.200. The fourth-order valence-electron chi connectivity index (χ4n) is 1.84. The van der Waals surface area contributed by atoms with E-state index in [1.807, 2.05) is 24.4 Å². The maximum Gasteiger partial charge on any atom is 0.417 e. The molecule has 0 aliphatic rings. The number of oxazole rings is 1. The maximum absolute atomic E-state index is 12.5. The fourth-order valence-corrected chi connectivity index (χ4v) is 3.34. The van der Waals surface area contributed by atoms with Crippen molar-refractivity contribution < 1.29 is 17.6 Å². The molecule has 3 aromatic heterocycles. The molecule has 23 heavy (non-hydrogen) atoms. The van der Waals surface area contributed by atoms with Crippen LogP contribution in [0.15, 0.2) is 45.3 Å². The lowest BCUT2D eigenvalue weighted by Gasteiger charge is -2.06. The summed E-state index contributed by atoms with van der Waals surface area (Å²) in [6.07, 6.45) is -3.52. The number of nitrogens with zero attached hydrogens (tertiary/aromatic N) is 2. The van der Waals surface area contributed by atoms with Crippen molar-refractivity contribution >= 4 is 23.1 Å². The van der Waals surface area contributed by atoms with Crippen LogP contribution in [-0.2, 0) is 11.9 Å². The van der Waals surface area contributed by atoms with Gasteiger partial charge in [-0.25, -0.2) is 9.97 Å². The van der Waals surface area contributed by atoms with E-state index in [2.05, 4.69) is 9.97 Å². The summed E-state index contributed by atoms with van der Waals surface area (Å²) < 4.78 is 43.1. The smallest absolute Gasteiger partial charge is 0.417 e. The van der Waals surface area contributed by atoms with Crippen molar-refractivity contribution in [3.63, 3.8) is 0 Å². The lowest BCUT2D eigenvalue weighted by Crippen LogP contribution is -2.05. The first-order valence-electron chi connectivity index (χ1n) is 6.60.